The van der Waals surface area contributed by atoms with Crippen LogP contribution in [0, 0.1) is 0 Å². The van der Waals surface area contributed by atoms with Crippen molar-refractivity contribution in [2.24, 2.45) is 0 Å². The van der Waals surface area contributed by atoms with Gasteiger partial charge in [-0.2, -0.15) is 0 Å². The number of hydrogen-bond acceptors (Lipinski definition) is 4. The van der Waals surface area contributed by atoms with Crippen LogP contribution in [0.5, 0.6) is 11.5 Å². The summed E-state index contributed by atoms with van der Waals surface area (Å²) in [5.41, 5.74) is 1.07. The molecule has 4 nitrogen and oxygen atoms in total. The van der Waals surface area contributed by atoms with Gasteiger partial charge in [0.15, 0.2) is 11.5 Å². The van der Waals surface area contributed by atoms with Gasteiger partial charge in [0.25, 0.3) is 0 Å². The Balaban J connectivity index is 2.14. The van der Waals surface area contributed by atoms with Crippen molar-refractivity contribution in [2.75, 3.05) is 39.6 Å². The molecule has 1 aliphatic rings. The van der Waals surface area contributed by atoms with Crippen LogP contribution in [-0.4, -0.2) is 39.6 Å². The molecule has 0 amide bonds. The van der Waals surface area contributed by atoms with Crippen molar-refractivity contribution >= 4 is 0 Å². The van der Waals surface area contributed by atoms with E-state index in [0.717, 1.165) is 23.5 Å². The minimum atomic E-state index is 0.504. The van der Waals surface area contributed by atoms with Crippen molar-refractivity contribution < 1.29 is 18.9 Å². The summed E-state index contributed by atoms with van der Waals surface area (Å²) in [7, 11) is 0. The summed E-state index contributed by atoms with van der Waals surface area (Å²) < 4.78 is 22.3. The maximum absolute atomic E-state index is 5.81. The first kappa shape index (κ1) is 13.9. The van der Waals surface area contributed by atoms with Crippen molar-refractivity contribution in [3.8, 4) is 11.5 Å². The lowest BCUT2D eigenvalue weighted by Crippen LogP contribution is -2.16. The Morgan fingerprint density at radius 1 is 0.947 bits per heavy atom. The van der Waals surface area contributed by atoms with Crippen LogP contribution < -0.4 is 9.47 Å². The van der Waals surface area contributed by atoms with Crippen molar-refractivity contribution in [1.29, 1.82) is 0 Å². The van der Waals surface area contributed by atoms with Gasteiger partial charge in [-0.05, 0) is 12.5 Å². The maximum atomic E-state index is 5.81. The second-order valence-corrected chi connectivity index (χ2v) is 4.16. The van der Waals surface area contributed by atoms with Gasteiger partial charge >= 0.3 is 0 Å². The summed E-state index contributed by atoms with van der Waals surface area (Å²) in [6, 6.07) is 5.89. The van der Waals surface area contributed by atoms with Crippen LogP contribution in [0.4, 0.5) is 0 Å². The fourth-order valence-corrected chi connectivity index (χ4v) is 1.89. The van der Waals surface area contributed by atoms with E-state index >= 15 is 0 Å². The average Bonchev–Trinajstić information content (AvgIpc) is 2.41. The van der Waals surface area contributed by atoms with Crippen LogP contribution in [0.2, 0.25) is 0 Å². The van der Waals surface area contributed by atoms with Gasteiger partial charge in [-0.3, -0.25) is 0 Å². The minimum Gasteiger partial charge on any atom is -0.487 e. The molecule has 1 aromatic rings. The number of allylic oxidation sites excluding steroid dienone is 1. The fourth-order valence-electron chi connectivity index (χ4n) is 1.89. The van der Waals surface area contributed by atoms with E-state index in [0.29, 0.717) is 39.6 Å². The molecule has 19 heavy (non-hydrogen) atoms. The van der Waals surface area contributed by atoms with Gasteiger partial charge in [0.05, 0.1) is 26.4 Å². The van der Waals surface area contributed by atoms with E-state index in [2.05, 4.69) is 6.58 Å². The number of ether oxygens (including phenoxy) is 4. The summed E-state index contributed by atoms with van der Waals surface area (Å²) in [6.07, 6.45) is 2.61. The van der Waals surface area contributed by atoms with Crippen molar-refractivity contribution in [1.82, 2.24) is 0 Å². The topological polar surface area (TPSA) is 36.9 Å². The first-order chi connectivity index (χ1) is 9.42. The number of rotatable bonds is 2. The van der Waals surface area contributed by atoms with Crippen LogP contribution >= 0.6 is 0 Å². The van der Waals surface area contributed by atoms with Crippen molar-refractivity contribution in [3.63, 3.8) is 0 Å². The van der Waals surface area contributed by atoms with Gasteiger partial charge in [0.2, 0.25) is 0 Å². The smallest absolute Gasteiger partial charge is 0.164 e. The standard InChI is InChI=1S/C15H20O4/c1-2-4-13-5-3-6-14-15(13)19-12-10-17-8-7-16-9-11-18-14/h2-3,5-6H,1,4,7-12H2. The van der Waals surface area contributed by atoms with Gasteiger partial charge in [0, 0.05) is 5.56 Å². The summed E-state index contributed by atoms with van der Waals surface area (Å²) in [4.78, 5) is 0. The molecule has 0 radical (unpaired) electrons. The second kappa shape index (κ2) is 7.81. The third-order valence-corrected chi connectivity index (χ3v) is 2.76. The zero-order chi connectivity index (χ0) is 13.3. The molecule has 0 aromatic heterocycles. The molecular formula is C15H20O4. The Hall–Kier alpha value is -1.52. The van der Waals surface area contributed by atoms with E-state index in [4.69, 9.17) is 18.9 Å². The molecule has 104 valence electrons. The Labute approximate surface area is 113 Å². The third-order valence-electron chi connectivity index (χ3n) is 2.76. The number of para-hydroxylation sites is 1. The summed E-state index contributed by atoms with van der Waals surface area (Å²) >= 11 is 0. The predicted molar refractivity (Wildman–Crippen MR) is 73.0 cm³/mol. The van der Waals surface area contributed by atoms with Gasteiger partial charge in [-0.15, -0.1) is 6.58 Å². The molecule has 0 atom stereocenters. The van der Waals surface area contributed by atoms with Crippen molar-refractivity contribution in [2.45, 2.75) is 6.42 Å². The zero-order valence-electron chi connectivity index (χ0n) is 11.1. The molecule has 0 saturated carbocycles. The number of benzene rings is 1. The Kier molecular flexibility index (Phi) is 5.72. The minimum absolute atomic E-state index is 0.504. The van der Waals surface area contributed by atoms with E-state index in [1.165, 1.54) is 0 Å². The summed E-state index contributed by atoms with van der Waals surface area (Å²) in [6.45, 7) is 7.05. The molecule has 2 rings (SSSR count). The lowest BCUT2D eigenvalue weighted by Gasteiger charge is -2.17. The maximum Gasteiger partial charge on any atom is 0.164 e. The van der Waals surface area contributed by atoms with Crippen LogP contribution in [-0.2, 0) is 15.9 Å². The number of hydrogen-bond donors (Lipinski definition) is 0. The van der Waals surface area contributed by atoms with Gasteiger partial charge < -0.3 is 18.9 Å². The van der Waals surface area contributed by atoms with E-state index in [1.807, 2.05) is 24.3 Å². The van der Waals surface area contributed by atoms with E-state index in [9.17, 15) is 0 Å². The highest BCUT2D eigenvalue weighted by Crippen LogP contribution is 2.32. The fraction of sp³-hybridized carbons (Fsp3) is 0.467. The molecular weight excluding hydrogens is 244 g/mol. The predicted octanol–water partition coefficient (Wildman–Crippen LogP) is 2.22. The highest BCUT2D eigenvalue weighted by atomic mass is 16.6. The van der Waals surface area contributed by atoms with Crippen LogP contribution in [0.25, 0.3) is 0 Å². The van der Waals surface area contributed by atoms with Gasteiger partial charge in [-0.1, -0.05) is 18.2 Å². The normalized spacial score (nSPS) is 17.1. The van der Waals surface area contributed by atoms with E-state index in [1.54, 1.807) is 0 Å². The van der Waals surface area contributed by atoms with Crippen LogP contribution in [0.3, 0.4) is 0 Å². The lowest BCUT2D eigenvalue weighted by atomic mass is 10.1. The average molecular weight is 264 g/mol. The number of fused-ring (bicyclic) bond motifs is 1. The van der Waals surface area contributed by atoms with E-state index < -0.39 is 0 Å². The monoisotopic (exact) mass is 264 g/mol. The first-order valence-electron chi connectivity index (χ1n) is 6.55. The molecule has 0 N–H and O–H groups in total. The lowest BCUT2D eigenvalue weighted by molar-refractivity contribution is 0.0222. The molecule has 1 aromatic carbocycles. The molecule has 0 bridgehead atoms. The quantitative estimate of drug-likeness (QED) is 0.768. The largest absolute Gasteiger partial charge is 0.487 e. The third kappa shape index (κ3) is 4.26. The zero-order valence-corrected chi connectivity index (χ0v) is 11.1. The SMILES string of the molecule is C=CCc1cccc2c1OCCOCCOCCO2. The molecule has 0 saturated heterocycles. The Bertz CT molecular complexity index is 403. The molecule has 0 aliphatic carbocycles. The van der Waals surface area contributed by atoms with Crippen LogP contribution in [0.1, 0.15) is 5.56 Å². The van der Waals surface area contributed by atoms with E-state index in [-0.39, 0.29) is 0 Å². The molecule has 0 spiro atoms. The van der Waals surface area contributed by atoms with Crippen molar-refractivity contribution in [3.05, 3.63) is 36.4 Å². The summed E-state index contributed by atoms with van der Waals surface area (Å²) in [5.74, 6) is 1.54. The molecule has 0 unspecified atom stereocenters. The first-order valence-corrected chi connectivity index (χ1v) is 6.55. The van der Waals surface area contributed by atoms with Gasteiger partial charge in [0.1, 0.15) is 13.2 Å². The summed E-state index contributed by atoms with van der Waals surface area (Å²) in [5, 5.41) is 0. The molecule has 0 fully saturated rings. The molecule has 1 aliphatic heterocycles. The van der Waals surface area contributed by atoms with Gasteiger partial charge in [-0.25, -0.2) is 0 Å². The Morgan fingerprint density at radius 2 is 1.63 bits per heavy atom. The molecule has 4 heteroatoms. The second-order valence-electron chi connectivity index (χ2n) is 4.16. The highest BCUT2D eigenvalue weighted by molar-refractivity contribution is 5.47. The van der Waals surface area contributed by atoms with Crippen LogP contribution in [0.15, 0.2) is 30.9 Å². The molecule has 1 heterocycles. The highest BCUT2D eigenvalue weighted by Gasteiger charge is 2.11. The Morgan fingerprint density at radius 3 is 2.37 bits per heavy atom.